The highest BCUT2D eigenvalue weighted by Gasteiger charge is 2.32. The number of nitrogens with two attached hydrogens (primary N) is 2. The molecule has 0 aliphatic heterocycles. The van der Waals surface area contributed by atoms with E-state index in [1.807, 2.05) is 36.6 Å². The molecule has 17 nitrogen and oxygen atoms in total. The van der Waals surface area contributed by atoms with Crippen LogP contribution in [0, 0.1) is 0 Å². The predicted molar refractivity (Wildman–Crippen MR) is 250 cm³/mol. The minimum absolute atomic E-state index is 0.0344. The van der Waals surface area contributed by atoms with Gasteiger partial charge in [-0.1, -0.05) is 125 Å². The van der Waals surface area contributed by atoms with Gasteiger partial charge in [0.25, 0.3) is 0 Å². The Morgan fingerprint density at radius 1 is 0.554 bits per heavy atom. The summed E-state index contributed by atoms with van der Waals surface area (Å²) in [6.07, 6.45) is 12.1. The maximum atomic E-state index is 13.3. The number of hydrogen-bond acceptors (Lipinski definition) is 10. The highest BCUT2D eigenvalue weighted by atomic mass is 32.2. The van der Waals surface area contributed by atoms with Crippen molar-refractivity contribution < 1.29 is 48.6 Å². The molecule has 0 aromatic heterocycles. The summed E-state index contributed by atoms with van der Waals surface area (Å²) in [5.41, 5.74) is 12.4. The van der Waals surface area contributed by atoms with E-state index in [0.29, 0.717) is 24.2 Å². The van der Waals surface area contributed by atoms with Gasteiger partial charge >= 0.3 is 5.97 Å². The number of aliphatic hydroxyl groups is 1. The number of carbonyl (C=O) groups excluding carboxylic acids is 7. The summed E-state index contributed by atoms with van der Waals surface area (Å²) in [5, 5.41) is 32.9. The summed E-state index contributed by atoms with van der Waals surface area (Å²) >= 11 is 1.48. The van der Waals surface area contributed by atoms with Crippen molar-refractivity contribution in [2.75, 3.05) is 12.0 Å². The first-order valence-corrected chi connectivity index (χ1v) is 24.1. The lowest BCUT2D eigenvalue weighted by Crippen LogP contribution is -2.58. The molecule has 0 saturated carbocycles. The lowest BCUT2D eigenvalue weighted by atomic mass is 10.0. The van der Waals surface area contributed by atoms with Crippen LogP contribution < -0.4 is 38.1 Å². The molecular weight excluding hydrogens is 855 g/mol. The third-order valence-corrected chi connectivity index (χ3v) is 11.4. The van der Waals surface area contributed by atoms with E-state index in [1.54, 1.807) is 30.3 Å². The molecule has 2 aromatic rings. The third-order valence-electron chi connectivity index (χ3n) is 10.8. The summed E-state index contributed by atoms with van der Waals surface area (Å²) in [7, 11) is 0. The van der Waals surface area contributed by atoms with Crippen LogP contribution in [0.3, 0.4) is 0 Å². The molecule has 0 spiro atoms. The number of unbranched alkanes of at least 4 members (excludes halogenated alkanes) is 11. The van der Waals surface area contributed by atoms with Gasteiger partial charge in [-0.25, -0.2) is 4.79 Å². The number of carbonyl (C=O) groups is 8. The topological polar surface area (TPSA) is 289 Å². The fourth-order valence-corrected chi connectivity index (χ4v) is 7.57. The molecule has 7 amide bonds. The lowest BCUT2D eigenvalue weighted by molar-refractivity contribution is -0.142. The zero-order valence-electron chi connectivity index (χ0n) is 37.9. The lowest BCUT2D eigenvalue weighted by Gasteiger charge is -2.26. The molecule has 11 N–H and O–H groups in total. The summed E-state index contributed by atoms with van der Waals surface area (Å²) in [6.45, 7) is 1.39. The highest BCUT2D eigenvalue weighted by molar-refractivity contribution is 7.98. The molecule has 0 fully saturated rings. The van der Waals surface area contributed by atoms with Crippen molar-refractivity contribution in [2.24, 2.45) is 11.5 Å². The number of aliphatic carboxylic acids is 1. The van der Waals surface area contributed by atoms with E-state index >= 15 is 0 Å². The van der Waals surface area contributed by atoms with Crippen LogP contribution in [0.1, 0.15) is 121 Å². The predicted octanol–water partition coefficient (Wildman–Crippen LogP) is 2.94. The van der Waals surface area contributed by atoms with Crippen molar-refractivity contribution >= 4 is 59.1 Å². The molecular formula is C47H71N7O10S. The van der Waals surface area contributed by atoms with E-state index in [2.05, 4.69) is 26.6 Å². The van der Waals surface area contributed by atoms with Crippen LogP contribution in [-0.4, -0.2) is 106 Å². The van der Waals surface area contributed by atoms with Gasteiger partial charge in [-0.15, -0.1) is 0 Å². The molecule has 2 rings (SSSR count). The van der Waals surface area contributed by atoms with Crippen molar-refractivity contribution in [3.8, 4) is 0 Å². The maximum Gasteiger partial charge on any atom is 0.326 e. The van der Waals surface area contributed by atoms with Crippen molar-refractivity contribution in [1.82, 2.24) is 26.6 Å². The first-order valence-electron chi connectivity index (χ1n) is 22.7. The van der Waals surface area contributed by atoms with Gasteiger partial charge in [-0.3, -0.25) is 33.6 Å². The quantitative estimate of drug-likeness (QED) is 0.0453. The standard InChI is InChI=1S/C47H71N7O10S/c1-32(55)42(46(62)51-35(27-28-65-2)44(60)52-36(43(49)59)29-33-21-15-13-16-22-33)54-41(58)26-20-12-10-8-6-4-3-5-7-9-11-19-25-40(57)50-37(31-39(48)56)45(61)53-38(47(63)64)30-34-23-17-14-18-24-34/h13-18,21-24,32,35-38,42,55H,3-12,19-20,25-31H2,1-2H3,(H2,48,56)(H2,49,59)(H,50,57)(H,51,62)(H,52,60)(H,53,61)(H,54,58)(H,63,64)/t32?,35-,36-,37-,38-,42-/m0/s1. The number of primary amides is 2. The number of aliphatic hydroxyl groups excluding tert-OH is 1. The van der Waals surface area contributed by atoms with E-state index < -0.39 is 84.1 Å². The largest absolute Gasteiger partial charge is 0.480 e. The minimum Gasteiger partial charge on any atom is -0.480 e. The Morgan fingerprint density at radius 3 is 1.40 bits per heavy atom. The summed E-state index contributed by atoms with van der Waals surface area (Å²) in [6, 6.07) is 12.0. The fraction of sp³-hybridized carbons (Fsp3) is 0.574. The van der Waals surface area contributed by atoms with Gasteiger partial charge in [0, 0.05) is 25.7 Å². The Labute approximate surface area is 387 Å². The molecule has 18 heteroatoms. The van der Waals surface area contributed by atoms with E-state index in [9.17, 15) is 48.6 Å². The van der Waals surface area contributed by atoms with Gasteiger partial charge in [0.05, 0.1) is 12.5 Å². The van der Waals surface area contributed by atoms with Gasteiger partial charge in [-0.2, -0.15) is 11.8 Å². The number of carboxylic acid groups (broad SMARTS) is 1. The van der Waals surface area contributed by atoms with E-state index in [-0.39, 0.29) is 38.0 Å². The Morgan fingerprint density at radius 2 is 0.969 bits per heavy atom. The number of benzene rings is 2. The molecule has 0 saturated heterocycles. The number of carboxylic acids is 1. The second-order valence-electron chi connectivity index (χ2n) is 16.4. The van der Waals surface area contributed by atoms with Crippen LogP contribution in [-0.2, 0) is 51.2 Å². The van der Waals surface area contributed by atoms with Crippen LogP contribution in [0.25, 0.3) is 0 Å². The Hall–Kier alpha value is -5.49. The molecule has 0 bridgehead atoms. The van der Waals surface area contributed by atoms with Crippen molar-refractivity contribution in [3.05, 3.63) is 71.8 Å². The van der Waals surface area contributed by atoms with Crippen LogP contribution in [0.4, 0.5) is 0 Å². The van der Waals surface area contributed by atoms with Gasteiger partial charge < -0.3 is 48.3 Å². The van der Waals surface area contributed by atoms with Crippen LogP contribution in [0.15, 0.2) is 60.7 Å². The smallest absolute Gasteiger partial charge is 0.326 e. The molecule has 0 heterocycles. The van der Waals surface area contributed by atoms with Crippen molar-refractivity contribution in [3.63, 3.8) is 0 Å². The molecule has 1 unspecified atom stereocenters. The summed E-state index contributed by atoms with van der Waals surface area (Å²) < 4.78 is 0. The molecule has 6 atom stereocenters. The van der Waals surface area contributed by atoms with Gasteiger partial charge in [0.15, 0.2) is 0 Å². The molecule has 360 valence electrons. The Balaban J connectivity index is 1.61. The zero-order chi connectivity index (χ0) is 48.0. The monoisotopic (exact) mass is 925 g/mol. The second kappa shape index (κ2) is 32.2. The van der Waals surface area contributed by atoms with E-state index in [0.717, 1.165) is 69.8 Å². The van der Waals surface area contributed by atoms with Crippen LogP contribution >= 0.6 is 11.8 Å². The first kappa shape index (κ1) is 55.6. The summed E-state index contributed by atoms with van der Waals surface area (Å²) in [4.78, 5) is 100. The zero-order valence-corrected chi connectivity index (χ0v) is 38.7. The van der Waals surface area contributed by atoms with Crippen LogP contribution in [0.5, 0.6) is 0 Å². The fourth-order valence-electron chi connectivity index (χ4n) is 7.10. The first-order chi connectivity index (χ1) is 31.1. The Kier molecular flexibility index (Phi) is 27.6. The van der Waals surface area contributed by atoms with E-state index in [1.165, 1.54) is 18.7 Å². The molecule has 0 aliphatic carbocycles. The number of rotatable bonds is 35. The average Bonchev–Trinajstić information content (AvgIpc) is 3.26. The SMILES string of the molecule is CSCC[C@H](NC(=O)[C@@H](NC(=O)CCCCCCCCCCCCCCC(=O)N[C@@H](CC(N)=O)C(=O)N[C@@H](Cc1ccccc1)C(=O)O)C(C)O)C(=O)N[C@@H](Cc1ccccc1)C(N)=O. The third kappa shape index (κ3) is 24.4. The minimum atomic E-state index is -1.28. The molecule has 0 aliphatic rings. The second-order valence-corrected chi connectivity index (χ2v) is 17.4. The molecule has 0 radical (unpaired) electrons. The Bertz CT molecular complexity index is 1790. The van der Waals surface area contributed by atoms with Crippen LogP contribution in [0.2, 0.25) is 0 Å². The van der Waals surface area contributed by atoms with Gasteiger partial charge in [-0.05, 0) is 49.3 Å². The number of hydrogen-bond donors (Lipinski definition) is 9. The average molecular weight is 926 g/mol. The number of amides is 7. The van der Waals surface area contributed by atoms with Crippen molar-refractivity contribution in [2.45, 2.75) is 159 Å². The maximum absolute atomic E-state index is 13.3. The number of thioether (sulfide) groups is 1. The van der Waals surface area contributed by atoms with Crippen molar-refractivity contribution in [1.29, 1.82) is 0 Å². The van der Waals surface area contributed by atoms with Gasteiger partial charge in [0.2, 0.25) is 41.4 Å². The molecule has 2 aromatic carbocycles. The van der Waals surface area contributed by atoms with E-state index in [4.69, 9.17) is 11.5 Å². The van der Waals surface area contributed by atoms with Gasteiger partial charge in [0.1, 0.15) is 30.2 Å². The summed E-state index contributed by atoms with van der Waals surface area (Å²) in [5.74, 6) is -5.11. The number of nitrogens with one attached hydrogen (secondary N) is 5. The normalized spacial score (nSPS) is 13.8. The molecule has 65 heavy (non-hydrogen) atoms. The highest BCUT2D eigenvalue weighted by Crippen LogP contribution is 2.14.